The molecule has 1 aliphatic heterocycles. The molecule has 96 valence electrons. The number of anilines is 1. The summed E-state index contributed by atoms with van der Waals surface area (Å²) in [6, 6.07) is 7.69. The molecule has 2 heterocycles. The lowest BCUT2D eigenvalue weighted by atomic mass is 10.2. The van der Waals surface area contributed by atoms with Gasteiger partial charge in [0.2, 0.25) is 5.91 Å². The van der Waals surface area contributed by atoms with Gasteiger partial charge in [0.25, 0.3) is 0 Å². The van der Waals surface area contributed by atoms with E-state index in [0.29, 0.717) is 6.54 Å². The Hall–Kier alpha value is -2.43. The van der Waals surface area contributed by atoms with Crippen LogP contribution in [-0.4, -0.2) is 27.8 Å². The van der Waals surface area contributed by atoms with E-state index in [0.717, 1.165) is 11.3 Å². The van der Waals surface area contributed by atoms with Crippen molar-refractivity contribution in [3.8, 4) is 0 Å². The maximum Gasteiger partial charge on any atom is 0.234 e. The summed E-state index contributed by atoms with van der Waals surface area (Å²) in [4.78, 5) is 28.5. The molecule has 0 atom stereocenters. The van der Waals surface area contributed by atoms with Gasteiger partial charge < -0.3 is 9.47 Å². The summed E-state index contributed by atoms with van der Waals surface area (Å²) >= 11 is 0. The molecule has 1 aromatic carbocycles. The van der Waals surface area contributed by atoms with E-state index in [9.17, 15) is 9.59 Å². The molecule has 5 heteroatoms. The fourth-order valence-electron chi connectivity index (χ4n) is 2.23. The van der Waals surface area contributed by atoms with E-state index in [4.69, 9.17) is 0 Å². The molecule has 0 radical (unpaired) electrons. The smallest absolute Gasteiger partial charge is 0.234 e. The fraction of sp³-hybridized carbons (Fsp3) is 0.214. The average Bonchev–Trinajstić information content (AvgIpc) is 2.99. The molecule has 0 saturated carbocycles. The van der Waals surface area contributed by atoms with Crippen molar-refractivity contribution in [2.24, 2.45) is 0 Å². The third-order valence-corrected chi connectivity index (χ3v) is 3.13. The van der Waals surface area contributed by atoms with Gasteiger partial charge >= 0.3 is 0 Å². The van der Waals surface area contributed by atoms with E-state index in [1.165, 1.54) is 0 Å². The minimum atomic E-state index is -0.121. The number of benzene rings is 1. The summed E-state index contributed by atoms with van der Waals surface area (Å²) in [5.74, 6) is -0.144. The molecule has 0 N–H and O–H groups in total. The average molecular weight is 255 g/mol. The van der Waals surface area contributed by atoms with Crippen LogP contribution >= 0.6 is 0 Å². The van der Waals surface area contributed by atoms with E-state index in [1.54, 1.807) is 17.4 Å². The number of hydrogen-bond donors (Lipinski definition) is 0. The van der Waals surface area contributed by atoms with Gasteiger partial charge in [-0.25, -0.2) is 4.98 Å². The minimum absolute atomic E-state index is 0.0196. The molecule has 0 unspecified atom stereocenters. The van der Waals surface area contributed by atoms with E-state index in [1.807, 2.05) is 35.0 Å². The maximum absolute atomic E-state index is 11.7. The Balaban J connectivity index is 1.84. The Kier molecular flexibility index (Phi) is 2.87. The van der Waals surface area contributed by atoms with Crippen molar-refractivity contribution in [2.75, 3.05) is 11.4 Å². The highest BCUT2D eigenvalue weighted by Gasteiger charge is 2.28. The van der Waals surface area contributed by atoms with Crippen molar-refractivity contribution in [1.29, 1.82) is 0 Å². The SMILES string of the molecule is O=C1CC(=O)N(c2cccc(Cn3ccnc3)c2)C1. The van der Waals surface area contributed by atoms with Gasteiger partial charge in [-0.1, -0.05) is 12.1 Å². The van der Waals surface area contributed by atoms with Gasteiger partial charge in [0.15, 0.2) is 5.78 Å². The third-order valence-electron chi connectivity index (χ3n) is 3.13. The van der Waals surface area contributed by atoms with E-state index in [-0.39, 0.29) is 24.7 Å². The first-order valence-electron chi connectivity index (χ1n) is 6.09. The molecule has 1 aliphatic rings. The Labute approximate surface area is 110 Å². The summed E-state index contributed by atoms with van der Waals surface area (Å²) in [5.41, 5.74) is 1.86. The largest absolute Gasteiger partial charge is 0.333 e. The zero-order valence-electron chi connectivity index (χ0n) is 10.3. The predicted octanol–water partition coefficient (Wildman–Crippen LogP) is 1.24. The Morgan fingerprint density at radius 1 is 1.26 bits per heavy atom. The molecule has 5 nitrogen and oxygen atoms in total. The highest BCUT2D eigenvalue weighted by molar-refractivity contribution is 6.15. The Bertz CT molecular complexity index is 619. The number of aromatic nitrogens is 2. The van der Waals surface area contributed by atoms with Gasteiger partial charge in [-0.15, -0.1) is 0 Å². The second-order valence-electron chi connectivity index (χ2n) is 4.60. The van der Waals surface area contributed by atoms with E-state index >= 15 is 0 Å². The number of rotatable bonds is 3. The van der Waals surface area contributed by atoms with Crippen molar-refractivity contribution in [3.63, 3.8) is 0 Å². The predicted molar refractivity (Wildman–Crippen MR) is 69.7 cm³/mol. The summed E-state index contributed by atoms with van der Waals surface area (Å²) < 4.78 is 1.95. The van der Waals surface area contributed by atoms with Gasteiger partial charge in [-0.05, 0) is 17.7 Å². The molecular weight excluding hydrogens is 242 g/mol. The zero-order valence-corrected chi connectivity index (χ0v) is 10.3. The first kappa shape index (κ1) is 11.6. The number of imidazole rings is 1. The number of ketones is 1. The number of carbonyl (C=O) groups excluding carboxylic acids is 2. The van der Waals surface area contributed by atoms with Gasteiger partial charge in [0, 0.05) is 24.6 Å². The monoisotopic (exact) mass is 255 g/mol. The maximum atomic E-state index is 11.7. The third kappa shape index (κ3) is 2.40. The standard InChI is InChI=1S/C14H13N3O2/c18-13-7-14(19)17(9-13)12-3-1-2-11(6-12)8-16-5-4-15-10-16/h1-6,10H,7-9H2. The second kappa shape index (κ2) is 4.68. The van der Waals surface area contributed by atoms with Crippen LogP contribution in [0.1, 0.15) is 12.0 Å². The van der Waals surface area contributed by atoms with Crippen molar-refractivity contribution >= 4 is 17.4 Å². The molecule has 1 amide bonds. The summed E-state index contributed by atoms with van der Waals surface area (Å²) in [6.07, 6.45) is 5.38. The molecule has 1 aromatic heterocycles. The van der Waals surface area contributed by atoms with Crippen LogP contribution in [0.3, 0.4) is 0 Å². The number of hydrogen-bond acceptors (Lipinski definition) is 3. The van der Waals surface area contributed by atoms with Crippen molar-refractivity contribution in [1.82, 2.24) is 9.55 Å². The number of amides is 1. The quantitative estimate of drug-likeness (QED) is 0.775. The van der Waals surface area contributed by atoms with Gasteiger partial charge in [0.05, 0.1) is 19.3 Å². The molecule has 1 saturated heterocycles. The molecule has 0 spiro atoms. The fourth-order valence-corrected chi connectivity index (χ4v) is 2.23. The molecule has 0 bridgehead atoms. The number of nitrogens with zero attached hydrogens (tertiary/aromatic N) is 3. The van der Waals surface area contributed by atoms with Crippen LogP contribution in [0.2, 0.25) is 0 Å². The van der Waals surface area contributed by atoms with Crippen molar-refractivity contribution < 1.29 is 9.59 Å². The summed E-state index contributed by atoms with van der Waals surface area (Å²) in [5, 5.41) is 0. The Morgan fingerprint density at radius 3 is 2.84 bits per heavy atom. The molecule has 3 rings (SSSR count). The number of Topliss-reactive ketones (excluding diaryl/α,β-unsaturated/α-hetero) is 1. The van der Waals surface area contributed by atoms with Gasteiger partial charge in [-0.3, -0.25) is 9.59 Å². The first-order valence-corrected chi connectivity index (χ1v) is 6.09. The lowest BCUT2D eigenvalue weighted by Gasteiger charge is -2.15. The lowest BCUT2D eigenvalue weighted by molar-refractivity contribution is -0.121. The first-order chi connectivity index (χ1) is 9.22. The topological polar surface area (TPSA) is 55.2 Å². The van der Waals surface area contributed by atoms with Gasteiger partial charge in [-0.2, -0.15) is 0 Å². The zero-order chi connectivity index (χ0) is 13.2. The van der Waals surface area contributed by atoms with Crippen molar-refractivity contribution in [2.45, 2.75) is 13.0 Å². The van der Waals surface area contributed by atoms with Crippen LogP contribution in [0.4, 0.5) is 5.69 Å². The highest BCUT2D eigenvalue weighted by Crippen LogP contribution is 2.21. The highest BCUT2D eigenvalue weighted by atomic mass is 16.2. The van der Waals surface area contributed by atoms with Crippen LogP contribution in [0.15, 0.2) is 43.0 Å². The van der Waals surface area contributed by atoms with Crippen LogP contribution in [-0.2, 0) is 16.1 Å². The normalized spacial score (nSPS) is 15.3. The van der Waals surface area contributed by atoms with E-state index in [2.05, 4.69) is 4.98 Å². The summed E-state index contributed by atoms with van der Waals surface area (Å²) in [6.45, 7) is 0.886. The molecule has 1 fully saturated rings. The summed E-state index contributed by atoms with van der Waals surface area (Å²) in [7, 11) is 0. The van der Waals surface area contributed by atoms with Crippen LogP contribution in [0, 0.1) is 0 Å². The number of carbonyl (C=O) groups is 2. The molecule has 19 heavy (non-hydrogen) atoms. The van der Waals surface area contributed by atoms with E-state index < -0.39 is 0 Å². The lowest BCUT2D eigenvalue weighted by Crippen LogP contribution is -2.24. The molecular formula is C14H13N3O2. The molecule has 0 aliphatic carbocycles. The second-order valence-corrected chi connectivity index (χ2v) is 4.60. The van der Waals surface area contributed by atoms with Crippen LogP contribution in [0.25, 0.3) is 0 Å². The minimum Gasteiger partial charge on any atom is -0.333 e. The van der Waals surface area contributed by atoms with Crippen molar-refractivity contribution in [3.05, 3.63) is 48.5 Å². The molecule has 2 aromatic rings. The van der Waals surface area contributed by atoms with Gasteiger partial charge in [0.1, 0.15) is 0 Å². The van der Waals surface area contributed by atoms with Crippen LogP contribution < -0.4 is 4.90 Å². The Morgan fingerprint density at radius 2 is 2.16 bits per heavy atom. The van der Waals surface area contributed by atoms with Crippen LogP contribution in [0.5, 0.6) is 0 Å².